The lowest BCUT2D eigenvalue weighted by Crippen LogP contribution is -2.15. The average molecular weight is 361 g/mol. The summed E-state index contributed by atoms with van der Waals surface area (Å²) in [6.07, 6.45) is 0. The maximum atomic E-state index is 12.1. The number of alkyl halides is 3. The van der Waals surface area contributed by atoms with E-state index in [1.807, 2.05) is 22.6 Å². The maximum Gasteiger partial charge on any atom is 0.387 e. The molecule has 0 aromatic heterocycles. The van der Waals surface area contributed by atoms with E-state index in [4.69, 9.17) is 11.6 Å². The molecule has 0 radical (unpaired) electrons. The third-order valence-corrected chi connectivity index (χ3v) is 2.90. The zero-order chi connectivity index (χ0) is 12.3. The van der Waals surface area contributed by atoms with Crippen LogP contribution in [0.4, 0.5) is 8.78 Å². The Bertz CT molecular complexity index is 396. The van der Waals surface area contributed by atoms with Crippen LogP contribution < -0.4 is 4.74 Å². The lowest BCUT2D eigenvalue weighted by atomic mass is 10.1. The second-order valence-electron chi connectivity index (χ2n) is 2.97. The molecule has 0 heterocycles. The summed E-state index contributed by atoms with van der Waals surface area (Å²) < 4.78 is 29.1. The zero-order valence-electron chi connectivity index (χ0n) is 8.22. The highest BCUT2D eigenvalue weighted by Crippen LogP contribution is 2.27. The number of rotatable bonds is 4. The van der Waals surface area contributed by atoms with Crippen molar-refractivity contribution in [3.8, 4) is 5.75 Å². The van der Waals surface area contributed by atoms with Crippen LogP contribution in [0.25, 0.3) is 0 Å². The lowest BCUT2D eigenvalue weighted by Gasteiger charge is -2.12. The summed E-state index contributed by atoms with van der Waals surface area (Å²) in [5.41, 5.74) is 0.103. The Hall–Kier alpha value is -0.430. The Labute approximate surface area is 110 Å². The fraction of sp³-hybridized carbons (Fsp3) is 0.300. The monoisotopic (exact) mass is 360 g/mol. The Kier molecular flexibility index (Phi) is 4.91. The van der Waals surface area contributed by atoms with Gasteiger partial charge in [0, 0.05) is 3.57 Å². The van der Waals surface area contributed by atoms with Crippen LogP contribution in [0.15, 0.2) is 18.2 Å². The summed E-state index contributed by atoms with van der Waals surface area (Å²) in [6, 6.07) is 4.49. The summed E-state index contributed by atoms with van der Waals surface area (Å²) in [6.45, 7) is -1.48. The van der Waals surface area contributed by atoms with Crippen molar-refractivity contribution in [2.75, 3.05) is 0 Å². The van der Waals surface area contributed by atoms with Crippen LogP contribution in [0.3, 0.4) is 0 Å². The average Bonchev–Trinajstić information content (AvgIpc) is 2.16. The van der Waals surface area contributed by atoms with Crippen molar-refractivity contribution in [3.05, 3.63) is 27.3 Å². The molecule has 0 saturated heterocycles. The zero-order valence-corrected chi connectivity index (χ0v) is 11.1. The molecule has 2 nitrogen and oxygen atoms in total. The molecule has 0 bridgehead atoms. The van der Waals surface area contributed by atoms with Gasteiger partial charge in [-0.15, -0.1) is 11.6 Å². The van der Waals surface area contributed by atoms with Gasteiger partial charge in [-0.2, -0.15) is 8.78 Å². The van der Waals surface area contributed by atoms with Crippen molar-refractivity contribution in [1.29, 1.82) is 0 Å². The van der Waals surface area contributed by atoms with Gasteiger partial charge in [0.05, 0.1) is 10.9 Å². The summed E-state index contributed by atoms with van der Waals surface area (Å²) in [5.74, 6) is -0.568. The van der Waals surface area contributed by atoms with Crippen LogP contribution in [0, 0.1) is 3.57 Å². The quantitative estimate of drug-likeness (QED) is 0.465. The van der Waals surface area contributed by atoms with Gasteiger partial charge in [-0.05, 0) is 41.6 Å². The minimum absolute atomic E-state index is 0.103. The van der Waals surface area contributed by atoms with Crippen LogP contribution >= 0.6 is 34.2 Å². The number of Topliss-reactive ketones (excluding diaryl/α,β-unsaturated/α-hetero) is 1. The van der Waals surface area contributed by atoms with Gasteiger partial charge in [-0.3, -0.25) is 4.79 Å². The van der Waals surface area contributed by atoms with Gasteiger partial charge in [0.25, 0.3) is 0 Å². The van der Waals surface area contributed by atoms with E-state index in [0.29, 0.717) is 3.57 Å². The van der Waals surface area contributed by atoms with Gasteiger partial charge >= 0.3 is 6.61 Å². The van der Waals surface area contributed by atoms with Crippen LogP contribution in [0.1, 0.15) is 17.3 Å². The third kappa shape index (κ3) is 3.28. The van der Waals surface area contributed by atoms with E-state index in [0.717, 1.165) is 0 Å². The molecule has 0 spiro atoms. The molecule has 1 aromatic carbocycles. The highest BCUT2D eigenvalue weighted by molar-refractivity contribution is 14.1. The molecule has 0 N–H and O–H groups in total. The molecule has 1 aromatic rings. The molecule has 0 aliphatic heterocycles. The highest BCUT2D eigenvalue weighted by Gasteiger charge is 2.21. The van der Waals surface area contributed by atoms with Crippen molar-refractivity contribution in [2.24, 2.45) is 0 Å². The Morgan fingerprint density at radius 1 is 1.50 bits per heavy atom. The lowest BCUT2D eigenvalue weighted by molar-refractivity contribution is -0.0501. The predicted octanol–water partition coefficient (Wildman–Crippen LogP) is 3.70. The largest absolute Gasteiger partial charge is 0.434 e. The van der Waals surface area contributed by atoms with Crippen molar-refractivity contribution < 1.29 is 18.3 Å². The summed E-state index contributed by atoms with van der Waals surface area (Å²) in [7, 11) is 0. The first-order valence-corrected chi connectivity index (χ1v) is 5.86. The molecule has 0 aliphatic rings. The second-order valence-corrected chi connectivity index (χ2v) is 4.79. The van der Waals surface area contributed by atoms with Gasteiger partial charge in [-0.25, -0.2) is 0 Å². The minimum Gasteiger partial charge on any atom is -0.434 e. The van der Waals surface area contributed by atoms with E-state index < -0.39 is 17.8 Å². The summed E-state index contributed by atoms with van der Waals surface area (Å²) in [5, 5.41) is -0.782. The first kappa shape index (κ1) is 13.6. The van der Waals surface area contributed by atoms with Crippen molar-refractivity contribution in [1.82, 2.24) is 0 Å². The summed E-state index contributed by atoms with van der Waals surface area (Å²) in [4.78, 5) is 11.7. The Balaban J connectivity index is 3.18. The molecule has 6 heteroatoms. The summed E-state index contributed by atoms with van der Waals surface area (Å²) >= 11 is 7.52. The maximum absolute atomic E-state index is 12.1. The second kappa shape index (κ2) is 5.77. The van der Waals surface area contributed by atoms with E-state index in [1.165, 1.54) is 19.1 Å². The number of hydrogen-bond donors (Lipinski definition) is 0. The SMILES string of the molecule is CC(Cl)C(=O)c1c(I)cccc1OC(F)F. The third-order valence-electron chi connectivity index (χ3n) is 1.80. The standard InChI is InChI=1S/C10H8ClF2IO2/c1-5(11)9(15)8-6(14)3-2-4-7(8)16-10(12)13/h2-5,10H,1H3. The van der Waals surface area contributed by atoms with E-state index >= 15 is 0 Å². The molecule has 1 unspecified atom stereocenters. The van der Waals surface area contributed by atoms with Gasteiger partial charge in [0.2, 0.25) is 0 Å². The number of hydrogen-bond acceptors (Lipinski definition) is 2. The molecule has 1 rings (SSSR count). The number of benzene rings is 1. The molecular formula is C10H8ClF2IO2. The van der Waals surface area contributed by atoms with Gasteiger partial charge < -0.3 is 4.74 Å². The highest BCUT2D eigenvalue weighted by atomic mass is 127. The molecule has 0 fully saturated rings. The minimum atomic E-state index is -2.96. The topological polar surface area (TPSA) is 26.3 Å². The number of carbonyl (C=O) groups is 1. The Morgan fingerprint density at radius 2 is 2.12 bits per heavy atom. The molecule has 1 atom stereocenters. The number of carbonyl (C=O) groups excluding carboxylic acids is 1. The first-order valence-electron chi connectivity index (χ1n) is 4.35. The van der Waals surface area contributed by atoms with Crippen LogP contribution in [0.5, 0.6) is 5.75 Å². The molecular weight excluding hydrogens is 352 g/mol. The number of halogens is 4. The molecule has 88 valence electrons. The van der Waals surface area contributed by atoms with E-state index in [9.17, 15) is 13.6 Å². The normalized spacial score (nSPS) is 12.6. The molecule has 0 saturated carbocycles. The predicted molar refractivity (Wildman–Crippen MR) is 65.4 cm³/mol. The molecule has 0 aliphatic carbocycles. The van der Waals surface area contributed by atoms with Crippen LogP contribution in [0.2, 0.25) is 0 Å². The fourth-order valence-corrected chi connectivity index (χ4v) is 1.98. The van der Waals surface area contributed by atoms with E-state index in [-0.39, 0.29) is 11.3 Å². The van der Waals surface area contributed by atoms with Gasteiger partial charge in [0.15, 0.2) is 5.78 Å². The smallest absolute Gasteiger partial charge is 0.387 e. The van der Waals surface area contributed by atoms with Gasteiger partial charge in [-0.1, -0.05) is 6.07 Å². The van der Waals surface area contributed by atoms with Crippen LogP contribution in [-0.4, -0.2) is 17.8 Å². The van der Waals surface area contributed by atoms with Crippen molar-refractivity contribution in [3.63, 3.8) is 0 Å². The van der Waals surface area contributed by atoms with E-state index in [1.54, 1.807) is 6.07 Å². The van der Waals surface area contributed by atoms with Crippen molar-refractivity contribution in [2.45, 2.75) is 18.9 Å². The van der Waals surface area contributed by atoms with Crippen molar-refractivity contribution >= 4 is 40.0 Å². The number of ether oxygens (including phenoxy) is 1. The fourth-order valence-electron chi connectivity index (χ4n) is 1.14. The van der Waals surface area contributed by atoms with E-state index in [2.05, 4.69) is 4.74 Å². The Morgan fingerprint density at radius 3 is 2.62 bits per heavy atom. The molecule has 16 heavy (non-hydrogen) atoms. The van der Waals surface area contributed by atoms with Crippen LogP contribution in [-0.2, 0) is 0 Å². The number of ketones is 1. The van der Waals surface area contributed by atoms with Gasteiger partial charge in [0.1, 0.15) is 5.75 Å². The first-order chi connectivity index (χ1) is 7.43. The molecule has 0 amide bonds.